The molecule has 0 spiro atoms. The van der Waals surface area contributed by atoms with Gasteiger partial charge in [-0.2, -0.15) is 0 Å². The zero-order valence-electron chi connectivity index (χ0n) is 21.8. The lowest BCUT2D eigenvalue weighted by Gasteiger charge is -2.32. The third-order valence-electron chi connectivity index (χ3n) is 6.38. The first-order valence-corrected chi connectivity index (χ1v) is 13.1. The number of anilines is 1. The first kappa shape index (κ1) is 28.0. The summed E-state index contributed by atoms with van der Waals surface area (Å²) in [6.45, 7) is 8.55. The van der Waals surface area contributed by atoms with Crippen LogP contribution >= 0.6 is 23.2 Å². The highest BCUT2D eigenvalue weighted by Gasteiger charge is 2.28. The molecule has 2 atom stereocenters. The minimum Gasteiger partial charge on any atom is -0.495 e. The third-order valence-corrected chi connectivity index (χ3v) is 7.13. The summed E-state index contributed by atoms with van der Waals surface area (Å²) in [5.41, 5.74) is 0.961. The van der Waals surface area contributed by atoms with Gasteiger partial charge in [0.25, 0.3) is 0 Å². The van der Waals surface area contributed by atoms with E-state index in [0.29, 0.717) is 64.1 Å². The third kappa shape index (κ3) is 5.98. The van der Waals surface area contributed by atoms with Gasteiger partial charge in [-0.15, -0.1) is 0 Å². The van der Waals surface area contributed by atoms with Crippen molar-refractivity contribution in [3.05, 3.63) is 47.1 Å². The van der Waals surface area contributed by atoms with Gasteiger partial charge >= 0.3 is 0 Å². The molecule has 1 N–H and O–H groups in total. The van der Waals surface area contributed by atoms with Crippen LogP contribution < -0.4 is 19.5 Å². The zero-order valence-corrected chi connectivity index (χ0v) is 23.4. The van der Waals surface area contributed by atoms with Crippen molar-refractivity contribution in [1.29, 1.82) is 0 Å². The van der Waals surface area contributed by atoms with E-state index in [1.165, 1.54) is 20.3 Å². The van der Waals surface area contributed by atoms with Crippen LogP contribution in [0.1, 0.15) is 26.7 Å². The molecule has 2 aromatic heterocycles. The van der Waals surface area contributed by atoms with Gasteiger partial charge < -0.3 is 24.3 Å². The Morgan fingerprint density at radius 1 is 1.21 bits per heavy atom. The lowest BCUT2D eigenvalue weighted by atomic mass is 9.89. The summed E-state index contributed by atoms with van der Waals surface area (Å²) in [6, 6.07) is 5.30. The molecule has 0 amide bonds. The summed E-state index contributed by atoms with van der Waals surface area (Å²) in [7, 11) is 3.04. The Morgan fingerprint density at radius 2 is 1.92 bits per heavy atom. The molecular weight excluding hydrogens is 529 g/mol. The van der Waals surface area contributed by atoms with Gasteiger partial charge in [0.15, 0.2) is 5.78 Å². The summed E-state index contributed by atoms with van der Waals surface area (Å²) >= 11 is 13.3. The van der Waals surface area contributed by atoms with Crippen LogP contribution in [0.2, 0.25) is 10.0 Å². The highest BCUT2D eigenvalue weighted by atomic mass is 35.5. The van der Waals surface area contributed by atoms with Crippen molar-refractivity contribution in [2.75, 3.05) is 32.8 Å². The molecular formula is C28H31Cl2N3O5. The normalized spacial score (nSPS) is 17.3. The van der Waals surface area contributed by atoms with Gasteiger partial charge in [0, 0.05) is 41.6 Å². The second-order valence-electron chi connectivity index (χ2n) is 9.30. The fourth-order valence-electron chi connectivity index (χ4n) is 4.46. The van der Waals surface area contributed by atoms with E-state index in [0.717, 1.165) is 17.2 Å². The van der Waals surface area contributed by atoms with Crippen LogP contribution in [-0.4, -0.2) is 55.3 Å². The van der Waals surface area contributed by atoms with Gasteiger partial charge in [-0.25, -0.2) is 9.97 Å². The molecule has 38 heavy (non-hydrogen) atoms. The maximum Gasteiger partial charge on any atom is 0.222 e. The second-order valence-corrected chi connectivity index (χ2v) is 10.1. The molecule has 0 saturated carbocycles. The number of carbonyl (C=O) groups is 1. The molecule has 0 aliphatic carbocycles. The molecule has 1 aromatic carbocycles. The molecule has 0 radical (unpaired) electrons. The average Bonchev–Trinajstić information content (AvgIpc) is 2.90. The predicted octanol–water partition coefficient (Wildman–Crippen LogP) is 6.37. The van der Waals surface area contributed by atoms with Crippen LogP contribution in [0.25, 0.3) is 22.0 Å². The molecule has 8 nitrogen and oxygen atoms in total. The topological polar surface area (TPSA) is 91.8 Å². The van der Waals surface area contributed by atoms with Crippen molar-refractivity contribution in [2.45, 2.75) is 38.8 Å². The zero-order chi connectivity index (χ0) is 27.4. The van der Waals surface area contributed by atoms with Crippen LogP contribution in [0.3, 0.4) is 0 Å². The second kappa shape index (κ2) is 12.2. The lowest BCUT2D eigenvalue weighted by Crippen LogP contribution is -2.39. The van der Waals surface area contributed by atoms with Crippen LogP contribution in [-0.2, 0) is 9.53 Å². The summed E-state index contributed by atoms with van der Waals surface area (Å²) < 4.78 is 22.7. The number of allylic oxidation sites excluding steroid dienone is 1. The van der Waals surface area contributed by atoms with Crippen molar-refractivity contribution in [3.8, 4) is 28.6 Å². The Morgan fingerprint density at radius 3 is 2.55 bits per heavy atom. The standard InChI is InChI=1S/C28H31Cl2N3O5/c1-6-18(34)9-16-7-8-37-14-21(16)32-24-11-19-17(13-31-24)10-20(33-28(19)38-15(2)3)25-26(29)22(35-4)12-23(36-5)27(25)30/h6,10-13,15-16,21H,1,7-9,14H2,2-5H3,(H,31,32)/t16-,21-/m1/s1. The maximum absolute atomic E-state index is 12.0. The van der Waals surface area contributed by atoms with Crippen molar-refractivity contribution in [1.82, 2.24) is 9.97 Å². The number of halogens is 2. The van der Waals surface area contributed by atoms with Gasteiger partial charge in [-0.1, -0.05) is 29.8 Å². The molecule has 1 aliphatic rings. The van der Waals surface area contributed by atoms with Gasteiger partial charge in [0.2, 0.25) is 5.88 Å². The van der Waals surface area contributed by atoms with Gasteiger partial charge in [-0.05, 0) is 44.4 Å². The molecule has 1 saturated heterocycles. The monoisotopic (exact) mass is 559 g/mol. The smallest absolute Gasteiger partial charge is 0.222 e. The number of carbonyl (C=O) groups excluding carboxylic acids is 1. The Kier molecular flexibility index (Phi) is 8.97. The predicted molar refractivity (Wildman–Crippen MR) is 150 cm³/mol. The molecule has 4 rings (SSSR count). The summed E-state index contributed by atoms with van der Waals surface area (Å²) in [5, 5.41) is 5.61. The quantitative estimate of drug-likeness (QED) is 0.286. The largest absolute Gasteiger partial charge is 0.495 e. The van der Waals surface area contributed by atoms with E-state index in [2.05, 4.69) is 16.9 Å². The van der Waals surface area contributed by atoms with Gasteiger partial charge in [-0.3, -0.25) is 4.79 Å². The molecule has 3 aromatic rings. The summed E-state index contributed by atoms with van der Waals surface area (Å²) in [4.78, 5) is 21.4. The highest BCUT2D eigenvalue weighted by molar-refractivity contribution is 6.41. The number of nitrogens with zero attached hydrogens (tertiary/aromatic N) is 2. The number of pyridine rings is 2. The van der Waals surface area contributed by atoms with Crippen molar-refractivity contribution in [3.63, 3.8) is 0 Å². The van der Waals surface area contributed by atoms with Crippen LogP contribution in [0.15, 0.2) is 37.1 Å². The molecule has 202 valence electrons. The highest BCUT2D eigenvalue weighted by Crippen LogP contribution is 2.46. The minimum absolute atomic E-state index is 0.0195. The van der Waals surface area contributed by atoms with E-state index < -0.39 is 0 Å². The number of fused-ring (bicyclic) bond motifs is 1. The first-order valence-electron chi connectivity index (χ1n) is 12.3. The fraction of sp³-hybridized carbons (Fsp3) is 0.393. The lowest BCUT2D eigenvalue weighted by molar-refractivity contribution is -0.116. The number of ether oxygens (including phenoxy) is 4. The average molecular weight is 560 g/mol. The van der Waals surface area contributed by atoms with Crippen LogP contribution in [0.5, 0.6) is 17.4 Å². The molecule has 10 heteroatoms. The van der Waals surface area contributed by atoms with E-state index in [4.69, 9.17) is 47.1 Å². The number of aromatic nitrogens is 2. The number of rotatable bonds is 10. The minimum atomic E-state index is -0.141. The molecule has 1 aliphatic heterocycles. The first-order chi connectivity index (χ1) is 18.2. The Bertz CT molecular complexity index is 1320. The van der Waals surface area contributed by atoms with Crippen molar-refractivity contribution < 1.29 is 23.7 Å². The maximum atomic E-state index is 12.0. The van der Waals surface area contributed by atoms with Crippen LogP contribution in [0.4, 0.5) is 5.82 Å². The summed E-state index contributed by atoms with van der Waals surface area (Å²) in [5.74, 6) is 1.99. The van der Waals surface area contributed by atoms with Crippen LogP contribution in [0, 0.1) is 5.92 Å². The molecule has 1 fully saturated rings. The van der Waals surface area contributed by atoms with E-state index in [1.807, 2.05) is 26.0 Å². The number of hydrogen-bond acceptors (Lipinski definition) is 8. The SMILES string of the molecule is C=CC(=O)C[C@H]1CCOC[C@H]1Nc1cc2c(OC(C)C)nc(-c3c(Cl)c(OC)cc(OC)c3Cl)cc2cn1. The number of methoxy groups -OCH3 is 2. The van der Waals surface area contributed by atoms with Gasteiger partial charge in [0.05, 0.1) is 48.7 Å². The number of benzene rings is 1. The Hall–Kier alpha value is -3.07. The summed E-state index contributed by atoms with van der Waals surface area (Å²) in [6.07, 6.45) is 4.16. The number of hydrogen-bond donors (Lipinski definition) is 1. The fourth-order valence-corrected chi connectivity index (χ4v) is 5.16. The number of ketones is 1. The Balaban J connectivity index is 1.77. The molecule has 3 heterocycles. The van der Waals surface area contributed by atoms with E-state index in [9.17, 15) is 4.79 Å². The van der Waals surface area contributed by atoms with Crippen molar-refractivity contribution >= 4 is 45.6 Å². The number of nitrogens with one attached hydrogen (secondary N) is 1. The van der Waals surface area contributed by atoms with Gasteiger partial charge in [0.1, 0.15) is 17.3 Å². The Labute approximate surface area is 232 Å². The van der Waals surface area contributed by atoms with E-state index >= 15 is 0 Å². The van der Waals surface area contributed by atoms with E-state index in [-0.39, 0.29) is 23.8 Å². The van der Waals surface area contributed by atoms with E-state index in [1.54, 1.807) is 12.3 Å². The molecule has 0 bridgehead atoms. The molecule has 0 unspecified atom stereocenters. The van der Waals surface area contributed by atoms with Crippen molar-refractivity contribution in [2.24, 2.45) is 5.92 Å².